The number of nitrogens with one attached hydrogen (secondary N) is 2. The van der Waals surface area contributed by atoms with Gasteiger partial charge in [0, 0.05) is 18.5 Å². The summed E-state index contributed by atoms with van der Waals surface area (Å²) in [5.41, 5.74) is -0.126. The van der Waals surface area contributed by atoms with Crippen molar-refractivity contribution < 1.29 is 4.79 Å². The van der Waals surface area contributed by atoms with Crippen molar-refractivity contribution in [1.82, 2.24) is 25.4 Å². The number of carbonyl (C=O) groups is 1. The van der Waals surface area contributed by atoms with Gasteiger partial charge < -0.3 is 10.2 Å². The Hall–Kier alpha value is -1.43. The first kappa shape index (κ1) is 14.0. The van der Waals surface area contributed by atoms with Crippen molar-refractivity contribution in [1.29, 1.82) is 0 Å². The molecule has 19 heavy (non-hydrogen) atoms. The molecule has 0 radical (unpaired) electrons. The van der Waals surface area contributed by atoms with Gasteiger partial charge in [-0.15, -0.1) is 5.10 Å². The lowest BCUT2D eigenvalue weighted by Crippen LogP contribution is -2.44. The molecule has 2 rings (SSSR count). The van der Waals surface area contributed by atoms with Crippen molar-refractivity contribution in [2.75, 3.05) is 20.1 Å². The van der Waals surface area contributed by atoms with Crippen LogP contribution in [0.1, 0.15) is 50.1 Å². The van der Waals surface area contributed by atoms with E-state index in [0.29, 0.717) is 0 Å². The van der Waals surface area contributed by atoms with E-state index < -0.39 is 0 Å². The predicted molar refractivity (Wildman–Crippen MR) is 73.1 cm³/mol. The second kappa shape index (κ2) is 5.28. The lowest BCUT2D eigenvalue weighted by molar-refractivity contribution is 0.0691. The number of hydrogen-bond acceptors (Lipinski definition) is 4. The first-order valence-corrected chi connectivity index (χ1v) is 6.80. The van der Waals surface area contributed by atoms with Crippen LogP contribution in [0.2, 0.25) is 0 Å². The molecule has 1 aromatic rings. The highest BCUT2D eigenvalue weighted by Gasteiger charge is 2.27. The number of amides is 1. The van der Waals surface area contributed by atoms with Gasteiger partial charge in [0.25, 0.3) is 5.91 Å². The highest BCUT2D eigenvalue weighted by atomic mass is 16.2. The van der Waals surface area contributed by atoms with Crippen LogP contribution in [0.3, 0.4) is 0 Å². The first-order chi connectivity index (χ1) is 8.89. The van der Waals surface area contributed by atoms with Crippen molar-refractivity contribution in [2.45, 2.75) is 45.1 Å². The standard InChI is InChI=1S/C13H23N5O/c1-13(2,3)12-15-10(16-17-12)11(19)18(4)9-5-7-14-8-6-9/h9,14H,5-8H2,1-4H3,(H,15,16,17). The predicted octanol–water partition coefficient (Wildman–Crippen LogP) is 0.926. The highest BCUT2D eigenvalue weighted by Crippen LogP contribution is 2.18. The molecule has 0 atom stereocenters. The fourth-order valence-corrected chi connectivity index (χ4v) is 2.21. The molecule has 1 aliphatic heterocycles. The minimum Gasteiger partial charge on any atom is -0.336 e. The summed E-state index contributed by atoms with van der Waals surface area (Å²) in [5, 5.41) is 10.2. The van der Waals surface area contributed by atoms with Gasteiger partial charge in [-0.25, -0.2) is 4.98 Å². The van der Waals surface area contributed by atoms with Crippen LogP contribution in [0.5, 0.6) is 0 Å². The zero-order valence-electron chi connectivity index (χ0n) is 12.2. The zero-order valence-corrected chi connectivity index (χ0v) is 12.2. The van der Waals surface area contributed by atoms with Crippen molar-refractivity contribution in [3.8, 4) is 0 Å². The topological polar surface area (TPSA) is 73.9 Å². The molecule has 1 fully saturated rings. The van der Waals surface area contributed by atoms with Crippen LogP contribution in [0.4, 0.5) is 0 Å². The summed E-state index contributed by atoms with van der Waals surface area (Å²) in [4.78, 5) is 18.4. The number of aromatic nitrogens is 3. The molecule has 0 unspecified atom stereocenters. The molecule has 1 aliphatic rings. The molecule has 2 heterocycles. The molecule has 0 bridgehead atoms. The Morgan fingerprint density at radius 1 is 1.32 bits per heavy atom. The highest BCUT2D eigenvalue weighted by molar-refractivity contribution is 5.90. The van der Waals surface area contributed by atoms with Gasteiger partial charge >= 0.3 is 0 Å². The quantitative estimate of drug-likeness (QED) is 0.834. The van der Waals surface area contributed by atoms with Crippen molar-refractivity contribution in [2.24, 2.45) is 0 Å². The molecule has 0 aliphatic carbocycles. The molecule has 1 saturated heterocycles. The summed E-state index contributed by atoms with van der Waals surface area (Å²) in [6.07, 6.45) is 1.97. The van der Waals surface area contributed by atoms with Crippen molar-refractivity contribution in [3.05, 3.63) is 11.6 Å². The molecule has 0 spiro atoms. The number of carbonyl (C=O) groups excluding carboxylic acids is 1. The van der Waals surface area contributed by atoms with Crippen LogP contribution in [0.25, 0.3) is 0 Å². The second-order valence-corrected chi connectivity index (χ2v) is 6.15. The normalized spacial score (nSPS) is 17.5. The Kier molecular flexibility index (Phi) is 3.89. The van der Waals surface area contributed by atoms with E-state index >= 15 is 0 Å². The number of hydrogen-bond donors (Lipinski definition) is 2. The number of H-pyrrole nitrogens is 1. The molecule has 1 amide bonds. The Bertz CT molecular complexity index is 442. The minimum absolute atomic E-state index is 0.0985. The van der Waals surface area contributed by atoms with E-state index in [-0.39, 0.29) is 23.2 Å². The molecule has 6 nitrogen and oxygen atoms in total. The maximum atomic E-state index is 12.3. The van der Waals surface area contributed by atoms with Crippen LogP contribution in [0.15, 0.2) is 0 Å². The van der Waals surface area contributed by atoms with Crippen molar-refractivity contribution in [3.63, 3.8) is 0 Å². The van der Waals surface area contributed by atoms with Gasteiger partial charge in [0.2, 0.25) is 5.82 Å². The number of nitrogens with zero attached hydrogens (tertiary/aromatic N) is 3. The number of aromatic amines is 1. The van der Waals surface area contributed by atoms with Crippen LogP contribution >= 0.6 is 0 Å². The van der Waals surface area contributed by atoms with Gasteiger partial charge in [-0.1, -0.05) is 20.8 Å². The van der Waals surface area contributed by atoms with Crippen LogP contribution in [-0.4, -0.2) is 52.2 Å². The zero-order chi connectivity index (χ0) is 14.0. The molecule has 1 aromatic heterocycles. The molecular weight excluding hydrogens is 242 g/mol. The van der Waals surface area contributed by atoms with Gasteiger partial charge in [-0.05, 0) is 25.9 Å². The summed E-state index contributed by atoms with van der Waals surface area (Å²) in [6, 6.07) is 0.283. The third-order valence-corrected chi connectivity index (χ3v) is 3.56. The van der Waals surface area contributed by atoms with Gasteiger partial charge in [-0.2, -0.15) is 0 Å². The van der Waals surface area contributed by atoms with E-state index in [1.807, 2.05) is 27.8 Å². The summed E-state index contributed by atoms with van der Waals surface area (Å²) in [7, 11) is 1.84. The third kappa shape index (κ3) is 3.12. The van der Waals surface area contributed by atoms with E-state index in [9.17, 15) is 4.79 Å². The Morgan fingerprint density at radius 3 is 2.47 bits per heavy atom. The lowest BCUT2D eigenvalue weighted by atomic mass is 9.96. The first-order valence-electron chi connectivity index (χ1n) is 6.80. The number of rotatable bonds is 2. The van der Waals surface area contributed by atoms with E-state index in [2.05, 4.69) is 20.5 Å². The van der Waals surface area contributed by atoms with Gasteiger partial charge in [0.05, 0.1) is 0 Å². The smallest absolute Gasteiger partial charge is 0.293 e. The average molecular weight is 265 g/mol. The fourth-order valence-electron chi connectivity index (χ4n) is 2.21. The van der Waals surface area contributed by atoms with Gasteiger partial charge in [-0.3, -0.25) is 9.89 Å². The van der Waals surface area contributed by atoms with E-state index in [1.165, 1.54) is 0 Å². The molecule has 106 valence electrons. The lowest BCUT2D eigenvalue weighted by Gasteiger charge is -2.30. The number of piperidine rings is 1. The van der Waals surface area contributed by atoms with Crippen molar-refractivity contribution >= 4 is 5.91 Å². The van der Waals surface area contributed by atoms with Crippen LogP contribution in [0, 0.1) is 0 Å². The summed E-state index contributed by atoms with van der Waals surface area (Å²) in [6.45, 7) is 8.04. The van der Waals surface area contributed by atoms with E-state index in [4.69, 9.17) is 0 Å². The third-order valence-electron chi connectivity index (χ3n) is 3.56. The second-order valence-electron chi connectivity index (χ2n) is 6.15. The summed E-state index contributed by atoms with van der Waals surface area (Å²) < 4.78 is 0. The van der Waals surface area contributed by atoms with E-state index in [0.717, 1.165) is 31.8 Å². The summed E-state index contributed by atoms with van der Waals surface area (Å²) in [5.74, 6) is 0.916. The molecule has 6 heteroatoms. The van der Waals surface area contributed by atoms with Crippen LogP contribution < -0.4 is 5.32 Å². The SMILES string of the molecule is CN(C(=O)c1n[nH]c(C(C)(C)C)n1)C1CCNCC1. The largest absolute Gasteiger partial charge is 0.336 e. The molecule has 2 N–H and O–H groups in total. The Labute approximate surface area is 114 Å². The molecular formula is C13H23N5O. The van der Waals surface area contributed by atoms with Gasteiger partial charge in [0.1, 0.15) is 5.82 Å². The summed E-state index contributed by atoms with van der Waals surface area (Å²) >= 11 is 0. The van der Waals surface area contributed by atoms with Gasteiger partial charge in [0.15, 0.2) is 0 Å². The maximum Gasteiger partial charge on any atom is 0.293 e. The fraction of sp³-hybridized carbons (Fsp3) is 0.769. The average Bonchev–Trinajstić information content (AvgIpc) is 2.87. The molecule has 0 aromatic carbocycles. The Balaban J connectivity index is 2.08. The van der Waals surface area contributed by atoms with E-state index in [1.54, 1.807) is 4.90 Å². The minimum atomic E-state index is -0.126. The Morgan fingerprint density at radius 2 is 1.95 bits per heavy atom. The maximum absolute atomic E-state index is 12.3. The monoisotopic (exact) mass is 265 g/mol. The van der Waals surface area contributed by atoms with Crippen LogP contribution in [-0.2, 0) is 5.41 Å². The molecule has 0 saturated carbocycles.